The number of benzene rings is 1. The number of aromatic amines is 1. The van der Waals surface area contributed by atoms with Crippen LogP contribution in [-0.2, 0) is 11.3 Å². The summed E-state index contributed by atoms with van der Waals surface area (Å²) >= 11 is 0. The van der Waals surface area contributed by atoms with Crippen molar-refractivity contribution in [2.75, 3.05) is 18.4 Å². The molecule has 0 spiro atoms. The third-order valence-corrected chi connectivity index (χ3v) is 7.14. The molecular formula is C27H33N5O2. The van der Waals surface area contributed by atoms with Crippen molar-refractivity contribution in [3.8, 4) is 0 Å². The molecule has 2 amide bonds. The first-order valence-corrected chi connectivity index (χ1v) is 12.5. The Morgan fingerprint density at radius 1 is 1.00 bits per heavy atom. The van der Waals surface area contributed by atoms with E-state index in [0.29, 0.717) is 17.4 Å². The minimum absolute atomic E-state index is 0.134. The SMILES string of the molecule is O=C(Nc1cccc(CN2CCC(C(=O)NC3CCCCC3)CC2)c1)c1cc2cccnc2[nH]1. The lowest BCUT2D eigenvalue weighted by molar-refractivity contribution is -0.127. The molecule has 7 heteroatoms. The van der Waals surface area contributed by atoms with Crippen molar-refractivity contribution in [1.82, 2.24) is 20.2 Å². The predicted octanol–water partition coefficient (Wildman–Crippen LogP) is 4.48. The second-order valence-corrected chi connectivity index (χ2v) is 9.67. The molecule has 3 heterocycles. The van der Waals surface area contributed by atoms with Gasteiger partial charge in [-0.1, -0.05) is 31.4 Å². The van der Waals surface area contributed by atoms with Crippen LogP contribution in [0.5, 0.6) is 0 Å². The quantitative estimate of drug-likeness (QED) is 0.507. The van der Waals surface area contributed by atoms with E-state index >= 15 is 0 Å². The van der Waals surface area contributed by atoms with Gasteiger partial charge in [0.05, 0.1) is 0 Å². The molecule has 178 valence electrons. The van der Waals surface area contributed by atoms with Crippen LogP contribution in [0.2, 0.25) is 0 Å². The molecule has 34 heavy (non-hydrogen) atoms. The molecule has 3 aromatic rings. The molecule has 1 saturated heterocycles. The molecule has 0 unspecified atom stereocenters. The topological polar surface area (TPSA) is 90.1 Å². The summed E-state index contributed by atoms with van der Waals surface area (Å²) in [5, 5.41) is 7.20. The van der Waals surface area contributed by atoms with E-state index in [0.717, 1.165) is 62.0 Å². The Morgan fingerprint density at radius 2 is 1.82 bits per heavy atom. The van der Waals surface area contributed by atoms with Crippen LogP contribution in [-0.4, -0.2) is 45.8 Å². The van der Waals surface area contributed by atoms with Crippen LogP contribution < -0.4 is 10.6 Å². The zero-order valence-electron chi connectivity index (χ0n) is 19.6. The number of pyridine rings is 1. The summed E-state index contributed by atoms with van der Waals surface area (Å²) in [4.78, 5) is 35.1. The summed E-state index contributed by atoms with van der Waals surface area (Å²) < 4.78 is 0. The van der Waals surface area contributed by atoms with Gasteiger partial charge < -0.3 is 15.6 Å². The van der Waals surface area contributed by atoms with Gasteiger partial charge in [-0.15, -0.1) is 0 Å². The Hall–Kier alpha value is -3.19. The van der Waals surface area contributed by atoms with Gasteiger partial charge in [-0.2, -0.15) is 0 Å². The van der Waals surface area contributed by atoms with E-state index in [4.69, 9.17) is 0 Å². The number of hydrogen-bond donors (Lipinski definition) is 3. The van der Waals surface area contributed by atoms with E-state index in [-0.39, 0.29) is 17.7 Å². The van der Waals surface area contributed by atoms with E-state index in [1.807, 2.05) is 36.4 Å². The molecule has 2 fully saturated rings. The predicted molar refractivity (Wildman–Crippen MR) is 134 cm³/mol. The number of likely N-dealkylation sites (tertiary alicyclic amines) is 1. The third-order valence-electron chi connectivity index (χ3n) is 7.14. The molecule has 7 nitrogen and oxygen atoms in total. The number of nitrogens with one attached hydrogen (secondary N) is 3. The van der Waals surface area contributed by atoms with Crippen molar-refractivity contribution in [1.29, 1.82) is 0 Å². The number of H-pyrrole nitrogens is 1. The molecule has 0 bridgehead atoms. The summed E-state index contributed by atoms with van der Waals surface area (Å²) in [5.74, 6) is 0.206. The van der Waals surface area contributed by atoms with Crippen molar-refractivity contribution in [2.45, 2.75) is 57.5 Å². The molecular weight excluding hydrogens is 426 g/mol. The number of carbonyl (C=O) groups is 2. The van der Waals surface area contributed by atoms with Crippen LogP contribution in [0.3, 0.4) is 0 Å². The fourth-order valence-electron chi connectivity index (χ4n) is 5.20. The number of piperidine rings is 1. The number of rotatable bonds is 6. The summed E-state index contributed by atoms with van der Waals surface area (Å²) in [6.45, 7) is 2.65. The number of hydrogen-bond acceptors (Lipinski definition) is 4. The largest absolute Gasteiger partial charge is 0.353 e. The van der Waals surface area contributed by atoms with Crippen LogP contribution in [0.4, 0.5) is 5.69 Å². The Labute approximate surface area is 200 Å². The van der Waals surface area contributed by atoms with Crippen molar-refractivity contribution < 1.29 is 9.59 Å². The van der Waals surface area contributed by atoms with Crippen molar-refractivity contribution in [3.63, 3.8) is 0 Å². The zero-order chi connectivity index (χ0) is 23.3. The Bertz CT molecular complexity index is 1110. The number of carbonyl (C=O) groups excluding carboxylic acids is 2. The molecule has 1 aliphatic carbocycles. The minimum atomic E-state index is -0.181. The van der Waals surface area contributed by atoms with Gasteiger partial charge in [0.25, 0.3) is 5.91 Å². The van der Waals surface area contributed by atoms with Crippen molar-refractivity contribution >= 4 is 28.5 Å². The highest BCUT2D eigenvalue weighted by atomic mass is 16.2. The summed E-state index contributed by atoms with van der Waals surface area (Å²) in [6.07, 6.45) is 9.56. The van der Waals surface area contributed by atoms with Gasteiger partial charge in [0.2, 0.25) is 5.91 Å². The molecule has 3 N–H and O–H groups in total. The highest BCUT2D eigenvalue weighted by molar-refractivity contribution is 6.05. The zero-order valence-corrected chi connectivity index (χ0v) is 19.6. The lowest BCUT2D eigenvalue weighted by Gasteiger charge is -2.32. The Kier molecular flexibility index (Phi) is 6.90. The van der Waals surface area contributed by atoms with Crippen LogP contribution in [0.1, 0.15) is 61.0 Å². The molecule has 5 rings (SSSR count). The van der Waals surface area contributed by atoms with Gasteiger partial charge in [0.15, 0.2) is 0 Å². The molecule has 0 radical (unpaired) electrons. The highest BCUT2D eigenvalue weighted by Crippen LogP contribution is 2.23. The van der Waals surface area contributed by atoms with Crippen molar-refractivity contribution in [3.05, 3.63) is 59.9 Å². The van der Waals surface area contributed by atoms with Gasteiger partial charge in [-0.25, -0.2) is 4.98 Å². The number of nitrogens with zero attached hydrogens (tertiary/aromatic N) is 2. The first-order valence-electron chi connectivity index (χ1n) is 12.5. The molecule has 1 aliphatic heterocycles. The van der Waals surface area contributed by atoms with Gasteiger partial charge >= 0.3 is 0 Å². The normalized spacial score (nSPS) is 18.1. The smallest absolute Gasteiger partial charge is 0.272 e. The van der Waals surface area contributed by atoms with E-state index < -0.39 is 0 Å². The number of anilines is 1. The van der Waals surface area contributed by atoms with E-state index in [1.54, 1.807) is 6.20 Å². The fraction of sp³-hybridized carbons (Fsp3) is 0.444. The molecule has 0 atom stereocenters. The average molecular weight is 460 g/mol. The van der Waals surface area contributed by atoms with Gasteiger partial charge in [-0.05, 0) is 74.7 Å². The number of aromatic nitrogens is 2. The maximum absolute atomic E-state index is 12.7. The summed E-state index contributed by atoms with van der Waals surface area (Å²) in [6, 6.07) is 14.0. The molecule has 1 saturated carbocycles. The Balaban J connectivity index is 1.12. The maximum Gasteiger partial charge on any atom is 0.272 e. The van der Waals surface area contributed by atoms with Gasteiger partial charge in [-0.3, -0.25) is 14.5 Å². The van der Waals surface area contributed by atoms with Crippen LogP contribution in [0.25, 0.3) is 11.0 Å². The number of amides is 2. The lowest BCUT2D eigenvalue weighted by Crippen LogP contribution is -2.44. The third kappa shape index (κ3) is 5.47. The fourth-order valence-corrected chi connectivity index (χ4v) is 5.20. The first kappa shape index (κ1) is 22.6. The number of fused-ring (bicyclic) bond motifs is 1. The summed E-state index contributed by atoms with van der Waals surface area (Å²) in [7, 11) is 0. The van der Waals surface area contributed by atoms with Gasteiger partial charge in [0, 0.05) is 35.8 Å². The first-order chi connectivity index (χ1) is 16.6. The highest BCUT2D eigenvalue weighted by Gasteiger charge is 2.27. The standard InChI is InChI=1S/C27H33N5O2/c33-26(29-22-8-2-1-3-9-22)20-11-14-32(15-12-20)18-19-6-4-10-23(16-19)30-27(34)24-17-21-7-5-13-28-25(21)31-24/h4-7,10,13,16-17,20,22H,1-3,8-9,11-12,14-15,18H2,(H,28,31)(H,29,33)(H,30,34). The van der Waals surface area contributed by atoms with E-state index in [1.165, 1.54) is 19.3 Å². The second-order valence-electron chi connectivity index (χ2n) is 9.67. The lowest BCUT2D eigenvalue weighted by atomic mass is 9.92. The minimum Gasteiger partial charge on any atom is -0.353 e. The molecule has 2 aromatic heterocycles. The van der Waals surface area contributed by atoms with E-state index in [2.05, 4.69) is 31.6 Å². The summed E-state index contributed by atoms with van der Waals surface area (Å²) in [5.41, 5.74) is 3.13. The molecule has 1 aromatic carbocycles. The molecule has 2 aliphatic rings. The van der Waals surface area contributed by atoms with E-state index in [9.17, 15) is 9.59 Å². The monoisotopic (exact) mass is 459 g/mol. The van der Waals surface area contributed by atoms with Gasteiger partial charge in [0.1, 0.15) is 11.3 Å². The Morgan fingerprint density at radius 3 is 2.62 bits per heavy atom. The second kappa shape index (κ2) is 10.4. The van der Waals surface area contributed by atoms with Crippen LogP contribution in [0.15, 0.2) is 48.7 Å². The van der Waals surface area contributed by atoms with Crippen LogP contribution in [0, 0.1) is 5.92 Å². The van der Waals surface area contributed by atoms with Crippen LogP contribution >= 0.6 is 0 Å². The maximum atomic E-state index is 12.7. The average Bonchev–Trinajstić information content (AvgIpc) is 3.30. The van der Waals surface area contributed by atoms with Crippen molar-refractivity contribution in [2.24, 2.45) is 5.92 Å².